The van der Waals surface area contributed by atoms with E-state index in [1.807, 2.05) is 31.2 Å². The number of hydrogen-bond acceptors (Lipinski definition) is 0. The van der Waals surface area contributed by atoms with Gasteiger partial charge in [-0.25, -0.2) is 0 Å². The molecule has 0 saturated carbocycles. The predicted molar refractivity (Wildman–Crippen MR) is 48.3 cm³/mol. The minimum atomic E-state index is 0.743. The van der Waals surface area contributed by atoms with Gasteiger partial charge in [0.15, 0.2) is 0 Å². The molecule has 1 rings (SSSR count). The minimum absolute atomic E-state index is 0.743. The van der Waals surface area contributed by atoms with Crippen LogP contribution in [-0.2, 0) is 0 Å². The van der Waals surface area contributed by atoms with Gasteiger partial charge in [0.1, 0.15) is 5.56 Å². The summed E-state index contributed by atoms with van der Waals surface area (Å²) in [6.45, 7) is 2.74. The topological polar surface area (TPSA) is 4.36 Å². The molecule has 0 fully saturated rings. The van der Waals surface area contributed by atoms with E-state index >= 15 is 0 Å². The third-order valence-corrected chi connectivity index (χ3v) is 1.46. The fourth-order valence-electron chi connectivity index (χ4n) is 0.695. The second-order valence-electron chi connectivity index (χ2n) is 2.09. The number of benzene rings is 1. The predicted octanol–water partition coefficient (Wildman–Crippen LogP) is 3.04. The third-order valence-electron chi connectivity index (χ3n) is 1.21. The molecule has 0 heterocycles. The summed E-state index contributed by atoms with van der Waals surface area (Å²) in [4.78, 5) is 3.98. The molecule has 0 unspecified atom stereocenters. The Hall–Kier alpha value is -1.00. The number of nitrogens with zero attached hydrogens (tertiary/aromatic N) is 1. The summed E-state index contributed by atoms with van der Waals surface area (Å²) in [6, 6.07) is 10.3. The van der Waals surface area contributed by atoms with Crippen LogP contribution in [0.3, 0.4) is 0 Å². The number of rotatable bonds is 0. The Morgan fingerprint density at radius 2 is 2.00 bits per heavy atom. The monoisotopic (exact) mass is 166 g/mol. The molecule has 1 aromatic rings. The van der Waals surface area contributed by atoms with E-state index in [1.54, 1.807) is 0 Å². The average Bonchev–Trinajstić information content (AvgIpc) is 2.04. The number of hydrogen-bond donors (Lipinski definition) is 0. The van der Waals surface area contributed by atoms with Crippen molar-refractivity contribution >= 4 is 11.6 Å². The average molecular weight is 167 g/mol. The van der Waals surface area contributed by atoms with Crippen LogP contribution < -0.4 is 0 Å². The SMILES string of the molecule is CC[N+]#Cc1ccc(Cl)cc1. The molecule has 1 nitrogen and oxygen atoms in total. The Morgan fingerprint density at radius 3 is 2.55 bits per heavy atom. The lowest BCUT2D eigenvalue weighted by molar-refractivity contribution is 1.34. The van der Waals surface area contributed by atoms with Gasteiger partial charge in [0.05, 0.1) is 0 Å². The summed E-state index contributed by atoms with van der Waals surface area (Å²) in [7, 11) is 0. The standard InChI is InChI=1S/C9H9ClN/c1-2-11-7-8-3-5-9(10)6-4-8/h3-6H,2H2,1H3/q+1. The van der Waals surface area contributed by atoms with E-state index in [9.17, 15) is 0 Å². The van der Waals surface area contributed by atoms with E-state index in [1.165, 1.54) is 0 Å². The van der Waals surface area contributed by atoms with Crippen LogP contribution in [0.25, 0.3) is 4.85 Å². The molecular weight excluding hydrogens is 158 g/mol. The van der Waals surface area contributed by atoms with Crippen molar-refractivity contribution in [2.75, 3.05) is 6.54 Å². The Balaban J connectivity index is 2.82. The Labute approximate surface area is 71.4 Å². The first-order chi connectivity index (χ1) is 5.33. The molecule has 0 aliphatic heterocycles. The summed E-state index contributed by atoms with van der Waals surface area (Å²) in [6.07, 6.45) is 0. The first-order valence-electron chi connectivity index (χ1n) is 3.51. The lowest BCUT2D eigenvalue weighted by Gasteiger charge is -1.84. The maximum absolute atomic E-state index is 5.69. The first kappa shape index (κ1) is 8.10. The molecule has 0 aromatic heterocycles. The highest BCUT2D eigenvalue weighted by Gasteiger charge is 1.92. The summed E-state index contributed by atoms with van der Waals surface area (Å²) >= 11 is 5.69. The second-order valence-corrected chi connectivity index (χ2v) is 2.53. The highest BCUT2D eigenvalue weighted by Crippen LogP contribution is 2.08. The quantitative estimate of drug-likeness (QED) is 0.558. The van der Waals surface area contributed by atoms with Crippen molar-refractivity contribution in [3.05, 3.63) is 39.7 Å². The van der Waals surface area contributed by atoms with Crippen LogP contribution in [0, 0.1) is 6.07 Å². The van der Waals surface area contributed by atoms with Crippen LogP contribution in [-0.4, -0.2) is 6.54 Å². The fraction of sp³-hybridized carbons (Fsp3) is 0.222. The maximum Gasteiger partial charge on any atom is 0.311 e. The molecule has 1 aromatic carbocycles. The Kier molecular flexibility index (Phi) is 2.95. The highest BCUT2D eigenvalue weighted by molar-refractivity contribution is 6.30. The lowest BCUT2D eigenvalue weighted by atomic mass is 10.2. The number of halogens is 1. The van der Waals surface area contributed by atoms with Crippen LogP contribution in [0.2, 0.25) is 5.02 Å². The molecule has 0 spiro atoms. The smallest absolute Gasteiger partial charge is 0.0843 e. The minimum Gasteiger partial charge on any atom is -0.0843 e. The molecule has 0 aliphatic carbocycles. The molecular formula is C9H9ClN+. The van der Waals surface area contributed by atoms with Crippen LogP contribution in [0.5, 0.6) is 0 Å². The fourth-order valence-corrected chi connectivity index (χ4v) is 0.821. The van der Waals surface area contributed by atoms with Gasteiger partial charge in [-0.2, -0.15) is 0 Å². The normalized spacial score (nSPS) is 8.55. The molecule has 0 saturated heterocycles. The molecule has 0 amide bonds. The van der Waals surface area contributed by atoms with E-state index in [4.69, 9.17) is 11.6 Å². The van der Waals surface area contributed by atoms with Crippen molar-refractivity contribution in [1.82, 2.24) is 0 Å². The molecule has 0 atom stereocenters. The van der Waals surface area contributed by atoms with Gasteiger partial charge in [0.25, 0.3) is 6.54 Å². The zero-order valence-corrected chi connectivity index (χ0v) is 7.10. The van der Waals surface area contributed by atoms with Gasteiger partial charge in [-0.3, -0.25) is 0 Å². The molecule has 11 heavy (non-hydrogen) atoms. The second kappa shape index (κ2) is 4.00. The van der Waals surface area contributed by atoms with E-state index in [0.29, 0.717) is 0 Å². The molecule has 56 valence electrons. The Bertz CT molecular complexity index is 279. The van der Waals surface area contributed by atoms with E-state index in [2.05, 4.69) is 10.9 Å². The van der Waals surface area contributed by atoms with Crippen LogP contribution in [0.1, 0.15) is 12.5 Å². The molecule has 2 heteroatoms. The van der Waals surface area contributed by atoms with Gasteiger partial charge in [-0.1, -0.05) is 16.4 Å². The van der Waals surface area contributed by atoms with Crippen LogP contribution >= 0.6 is 11.6 Å². The molecule has 0 N–H and O–H groups in total. The zero-order valence-electron chi connectivity index (χ0n) is 6.34. The van der Waals surface area contributed by atoms with Crippen LogP contribution in [0.15, 0.2) is 24.3 Å². The van der Waals surface area contributed by atoms with Crippen LogP contribution in [0.4, 0.5) is 0 Å². The summed E-state index contributed by atoms with van der Waals surface area (Å²) in [5.74, 6) is 0. The molecule has 0 bridgehead atoms. The van der Waals surface area contributed by atoms with Gasteiger partial charge in [-0.05, 0) is 24.3 Å². The lowest BCUT2D eigenvalue weighted by Crippen LogP contribution is -1.71. The van der Waals surface area contributed by atoms with E-state index < -0.39 is 0 Å². The van der Waals surface area contributed by atoms with Gasteiger partial charge >= 0.3 is 6.07 Å². The Morgan fingerprint density at radius 1 is 1.36 bits per heavy atom. The van der Waals surface area contributed by atoms with Crippen molar-refractivity contribution in [2.45, 2.75) is 6.92 Å². The highest BCUT2D eigenvalue weighted by atomic mass is 35.5. The van der Waals surface area contributed by atoms with Crippen molar-refractivity contribution < 1.29 is 0 Å². The first-order valence-corrected chi connectivity index (χ1v) is 3.89. The van der Waals surface area contributed by atoms with Crippen molar-refractivity contribution in [3.8, 4) is 6.07 Å². The summed E-state index contributed by atoms with van der Waals surface area (Å²) < 4.78 is 0. The van der Waals surface area contributed by atoms with Crippen molar-refractivity contribution in [3.63, 3.8) is 0 Å². The van der Waals surface area contributed by atoms with E-state index in [-0.39, 0.29) is 0 Å². The van der Waals surface area contributed by atoms with Gasteiger partial charge < -0.3 is 0 Å². The third kappa shape index (κ3) is 2.61. The van der Waals surface area contributed by atoms with E-state index in [0.717, 1.165) is 17.1 Å². The summed E-state index contributed by atoms with van der Waals surface area (Å²) in [5, 5.41) is 0.743. The van der Waals surface area contributed by atoms with Gasteiger partial charge in [0, 0.05) is 11.9 Å². The van der Waals surface area contributed by atoms with Crippen molar-refractivity contribution in [1.29, 1.82) is 0 Å². The van der Waals surface area contributed by atoms with Crippen molar-refractivity contribution in [2.24, 2.45) is 0 Å². The molecule has 0 aliphatic rings. The summed E-state index contributed by atoms with van der Waals surface area (Å²) in [5.41, 5.74) is 0.969. The largest absolute Gasteiger partial charge is 0.311 e. The zero-order chi connectivity index (χ0) is 8.10. The molecule has 0 radical (unpaired) electrons. The van der Waals surface area contributed by atoms with Gasteiger partial charge in [-0.15, -0.1) is 0 Å². The van der Waals surface area contributed by atoms with Gasteiger partial charge in [0.2, 0.25) is 0 Å². The maximum atomic E-state index is 5.69.